The van der Waals surface area contributed by atoms with Gasteiger partial charge < -0.3 is 4.42 Å². The monoisotopic (exact) mass is 236 g/mol. The first-order chi connectivity index (χ1) is 4.36. The number of nitrogens with zero attached hydrogens (tertiary/aromatic N) is 2. The summed E-state index contributed by atoms with van der Waals surface area (Å²) in [6, 6.07) is 0. The van der Waals surface area contributed by atoms with Gasteiger partial charge in [-0.15, -0.1) is 10.2 Å². The zero-order chi connectivity index (χ0) is 6.27. The van der Waals surface area contributed by atoms with Crippen molar-refractivity contribution < 1.29 is 4.42 Å². The molecule has 2 rings (SSSR count). The van der Waals surface area contributed by atoms with Gasteiger partial charge in [-0.05, 0) is 12.8 Å². The van der Waals surface area contributed by atoms with Crippen LogP contribution in [0.1, 0.15) is 24.7 Å². The smallest absolute Gasteiger partial charge is 0.278 e. The third-order valence-corrected chi connectivity index (χ3v) is 1.78. The van der Waals surface area contributed by atoms with Crippen LogP contribution in [0.25, 0.3) is 0 Å². The van der Waals surface area contributed by atoms with Crippen LogP contribution < -0.4 is 0 Å². The van der Waals surface area contributed by atoms with Gasteiger partial charge >= 0.3 is 0 Å². The molecule has 1 aromatic rings. The molecule has 0 radical (unpaired) electrons. The van der Waals surface area contributed by atoms with Crippen molar-refractivity contribution >= 4 is 22.6 Å². The molecule has 0 spiro atoms. The van der Waals surface area contributed by atoms with Gasteiger partial charge in [0.05, 0.1) is 0 Å². The average molecular weight is 236 g/mol. The predicted octanol–water partition coefficient (Wildman–Crippen LogP) is 1.55. The molecule has 1 aromatic heterocycles. The van der Waals surface area contributed by atoms with E-state index in [-0.39, 0.29) is 0 Å². The molecular formula is C5H5IN2O. The fraction of sp³-hybridized carbons (Fsp3) is 0.600. The van der Waals surface area contributed by atoms with E-state index in [0.29, 0.717) is 9.82 Å². The Bertz CT molecular complexity index is 218. The van der Waals surface area contributed by atoms with Crippen molar-refractivity contribution in [1.82, 2.24) is 10.2 Å². The normalized spacial score (nSPS) is 18.3. The molecule has 9 heavy (non-hydrogen) atoms. The molecule has 0 aromatic carbocycles. The molecule has 1 heterocycles. The molecule has 0 saturated heterocycles. The maximum Gasteiger partial charge on any atom is 0.278 e. The van der Waals surface area contributed by atoms with Gasteiger partial charge in [0.15, 0.2) is 0 Å². The first kappa shape index (κ1) is 5.64. The van der Waals surface area contributed by atoms with E-state index in [0.717, 1.165) is 5.89 Å². The van der Waals surface area contributed by atoms with Crippen LogP contribution in [-0.2, 0) is 0 Å². The molecule has 4 heteroatoms. The maximum absolute atomic E-state index is 5.17. The van der Waals surface area contributed by atoms with E-state index in [9.17, 15) is 0 Å². The van der Waals surface area contributed by atoms with Crippen molar-refractivity contribution in [2.45, 2.75) is 18.8 Å². The molecule has 1 saturated carbocycles. The van der Waals surface area contributed by atoms with Crippen molar-refractivity contribution in [2.75, 3.05) is 0 Å². The third-order valence-electron chi connectivity index (χ3n) is 1.34. The molecule has 1 aliphatic rings. The van der Waals surface area contributed by atoms with Crippen molar-refractivity contribution in [3.05, 3.63) is 9.79 Å². The quantitative estimate of drug-likeness (QED) is 0.694. The van der Waals surface area contributed by atoms with Crippen LogP contribution in [0.5, 0.6) is 0 Å². The van der Waals surface area contributed by atoms with Gasteiger partial charge in [-0.3, -0.25) is 0 Å². The first-order valence-corrected chi connectivity index (χ1v) is 3.93. The lowest BCUT2D eigenvalue weighted by atomic mass is 10.4. The third kappa shape index (κ3) is 1.08. The van der Waals surface area contributed by atoms with E-state index in [4.69, 9.17) is 4.42 Å². The molecule has 0 unspecified atom stereocenters. The van der Waals surface area contributed by atoms with Crippen LogP contribution in [0, 0.1) is 3.90 Å². The number of hydrogen-bond donors (Lipinski definition) is 0. The number of aromatic nitrogens is 2. The van der Waals surface area contributed by atoms with Gasteiger partial charge in [0, 0.05) is 28.5 Å². The standard InChI is InChI=1S/C5H5IN2O/c6-5-8-7-4(9-5)3-1-2-3/h3H,1-2H2. The molecule has 0 N–H and O–H groups in total. The van der Waals surface area contributed by atoms with Crippen molar-refractivity contribution in [3.63, 3.8) is 0 Å². The van der Waals surface area contributed by atoms with Gasteiger partial charge in [-0.2, -0.15) is 0 Å². The van der Waals surface area contributed by atoms with Crippen molar-refractivity contribution in [2.24, 2.45) is 0 Å². The Morgan fingerprint density at radius 1 is 1.44 bits per heavy atom. The van der Waals surface area contributed by atoms with Crippen LogP contribution >= 0.6 is 22.6 Å². The Labute approximate surface area is 66.0 Å². The van der Waals surface area contributed by atoms with Gasteiger partial charge in [-0.25, -0.2) is 0 Å². The van der Waals surface area contributed by atoms with Crippen LogP contribution in [0.4, 0.5) is 0 Å². The summed E-state index contributed by atoms with van der Waals surface area (Å²) in [5.41, 5.74) is 0. The fourth-order valence-electron chi connectivity index (χ4n) is 0.711. The molecule has 3 nitrogen and oxygen atoms in total. The van der Waals surface area contributed by atoms with E-state index >= 15 is 0 Å². The SMILES string of the molecule is Ic1nnc(C2CC2)o1. The van der Waals surface area contributed by atoms with E-state index in [1.165, 1.54) is 12.8 Å². The Morgan fingerprint density at radius 3 is 2.67 bits per heavy atom. The summed E-state index contributed by atoms with van der Waals surface area (Å²) in [4.78, 5) is 0. The largest absolute Gasteiger partial charge is 0.416 e. The summed E-state index contributed by atoms with van der Waals surface area (Å²) in [6.07, 6.45) is 2.44. The summed E-state index contributed by atoms with van der Waals surface area (Å²) in [7, 11) is 0. The highest BCUT2D eigenvalue weighted by molar-refractivity contribution is 14.1. The predicted molar refractivity (Wildman–Crippen MR) is 39.0 cm³/mol. The summed E-state index contributed by atoms with van der Waals surface area (Å²) >= 11 is 2.02. The number of halogens is 1. The van der Waals surface area contributed by atoms with Crippen LogP contribution in [0.15, 0.2) is 4.42 Å². The molecule has 0 amide bonds. The minimum absolute atomic E-state index is 0.584. The topological polar surface area (TPSA) is 38.9 Å². The summed E-state index contributed by atoms with van der Waals surface area (Å²) in [5, 5.41) is 7.60. The molecule has 1 fully saturated rings. The Morgan fingerprint density at radius 2 is 2.22 bits per heavy atom. The molecule has 0 aliphatic heterocycles. The van der Waals surface area contributed by atoms with Gasteiger partial charge in [0.1, 0.15) is 0 Å². The van der Waals surface area contributed by atoms with Gasteiger partial charge in [0.2, 0.25) is 5.89 Å². The van der Waals surface area contributed by atoms with E-state index < -0.39 is 0 Å². The highest BCUT2D eigenvalue weighted by atomic mass is 127. The molecule has 1 aliphatic carbocycles. The van der Waals surface area contributed by atoms with E-state index in [1.54, 1.807) is 0 Å². The number of rotatable bonds is 1. The lowest BCUT2D eigenvalue weighted by molar-refractivity contribution is 0.471. The number of hydrogen-bond acceptors (Lipinski definition) is 3. The second-order valence-corrected chi connectivity index (χ2v) is 3.09. The van der Waals surface area contributed by atoms with Gasteiger partial charge in [-0.1, -0.05) is 0 Å². The van der Waals surface area contributed by atoms with E-state index in [2.05, 4.69) is 10.2 Å². The average Bonchev–Trinajstić information content (AvgIpc) is 2.58. The second kappa shape index (κ2) is 1.93. The molecule has 0 atom stereocenters. The van der Waals surface area contributed by atoms with Crippen LogP contribution in [-0.4, -0.2) is 10.2 Å². The van der Waals surface area contributed by atoms with Crippen molar-refractivity contribution in [3.8, 4) is 0 Å². The fourth-order valence-corrected chi connectivity index (χ4v) is 1.04. The molecule has 0 bridgehead atoms. The molecule has 48 valence electrons. The Balaban J connectivity index is 2.28. The Hall–Kier alpha value is -0.130. The van der Waals surface area contributed by atoms with Crippen molar-refractivity contribution in [1.29, 1.82) is 0 Å². The van der Waals surface area contributed by atoms with E-state index in [1.807, 2.05) is 22.6 Å². The minimum Gasteiger partial charge on any atom is -0.416 e. The summed E-state index contributed by atoms with van der Waals surface area (Å²) < 4.78 is 5.82. The minimum atomic E-state index is 0.584. The van der Waals surface area contributed by atoms with Crippen LogP contribution in [0.3, 0.4) is 0 Å². The lowest BCUT2D eigenvalue weighted by Crippen LogP contribution is -1.75. The second-order valence-electron chi connectivity index (χ2n) is 2.17. The summed E-state index contributed by atoms with van der Waals surface area (Å²) in [6.45, 7) is 0. The Kier molecular flexibility index (Phi) is 1.21. The molecular weight excluding hydrogens is 231 g/mol. The summed E-state index contributed by atoms with van der Waals surface area (Å²) in [5.74, 6) is 1.40. The maximum atomic E-state index is 5.17. The highest BCUT2D eigenvalue weighted by Gasteiger charge is 2.28. The lowest BCUT2D eigenvalue weighted by Gasteiger charge is -1.79. The zero-order valence-electron chi connectivity index (χ0n) is 4.67. The zero-order valence-corrected chi connectivity index (χ0v) is 6.83. The highest BCUT2D eigenvalue weighted by Crippen LogP contribution is 2.38. The first-order valence-electron chi connectivity index (χ1n) is 2.85. The van der Waals surface area contributed by atoms with Gasteiger partial charge in [0.25, 0.3) is 3.90 Å². The van der Waals surface area contributed by atoms with Crippen LogP contribution in [0.2, 0.25) is 0 Å².